The molecule has 0 fully saturated rings. The first-order valence-corrected chi connectivity index (χ1v) is 6.53. The van der Waals surface area contributed by atoms with Crippen LogP contribution in [0.3, 0.4) is 0 Å². The van der Waals surface area contributed by atoms with E-state index < -0.39 is 41.8 Å². The number of nitrogens with one attached hydrogen (secondary N) is 2. The molecule has 0 saturated heterocycles. The lowest BCUT2D eigenvalue weighted by Gasteiger charge is -2.23. The van der Waals surface area contributed by atoms with Crippen molar-refractivity contribution in [2.24, 2.45) is 0 Å². The molecule has 0 saturated carbocycles. The Balaban J connectivity index is 4.57. The average molecular weight is 304 g/mol. The van der Waals surface area contributed by atoms with Crippen molar-refractivity contribution >= 4 is 18.0 Å². The van der Waals surface area contributed by atoms with E-state index in [1.807, 2.05) is 0 Å². The zero-order chi connectivity index (χ0) is 16.8. The van der Waals surface area contributed by atoms with Gasteiger partial charge in [0.05, 0.1) is 13.2 Å². The fourth-order valence-corrected chi connectivity index (χ4v) is 1.33. The van der Waals surface area contributed by atoms with E-state index in [0.717, 1.165) is 7.11 Å². The van der Waals surface area contributed by atoms with Crippen LogP contribution in [0.15, 0.2) is 0 Å². The minimum absolute atomic E-state index is 0.642. The third-order valence-corrected chi connectivity index (χ3v) is 2.36. The Morgan fingerprint density at radius 3 is 2.00 bits per heavy atom. The summed E-state index contributed by atoms with van der Waals surface area (Å²) in [7, 11) is 1.15. The quantitative estimate of drug-likeness (QED) is 0.613. The number of ether oxygens (including phenoxy) is 2. The van der Waals surface area contributed by atoms with Crippen molar-refractivity contribution in [2.45, 2.75) is 58.4 Å². The molecule has 0 aromatic rings. The SMILES string of the molecule is COC(=O)C(NC(=O)C(C)NC(=O)OC(C)(C)C)C(C)O. The van der Waals surface area contributed by atoms with Crippen LogP contribution < -0.4 is 10.6 Å². The van der Waals surface area contributed by atoms with Crippen LogP contribution in [-0.4, -0.2) is 54.0 Å². The number of carbonyl (C=O) groups is 3. The van der Waals surface area contributed by atoms with Gasteiger partial charge < -0.3 is 25.2 Å². The molecule has 0 aliphatic heterocycles. The van der Waals surface area contributed by atoms with Crippen LogP contribution in [0.2, 0.25) is 0 Å². The summed E-state index contributed by atoms with van der Waals surface area (Å²) in [5.41, 5.74) is -0.686. The van der Waals surface area contributed by atoms with E-state index in [4.69, 9.17) is 4.74 Å². The van der Waals surface area contributed by atoms with Crippen molar-refractivity contribution in [3.05, 3.63) is 0 Å². The lowest BCUT2D eigenvalue weighted by molar-refractivity contribution is -0.148. The Labute approximate surface area is 124 Å². The summed E-state index contributed by atoms with van der Waals surface area (Å²) in [5, 5.41) is 14.1. The molecule has 122 valence electrons. The molecule has 3 unspecified atom stereocenters. The number of alkyl carbamates (subject to hydrolysis) is 1. The summed E-state index contributed by atoms with van der Waals surface area (Å²) in [5.74, 6) is -1.42. The molecule has 8 heteroatoms. The third-order valence-electron chi connectivity index (χ3n) is 2.36. The Kier molecular flexibility index (Phi) is 7.14. The molecule has 0 rings (SSSR count). The van der Waals surface area contributed by atoms with Crippen LogP contribution in [-0.2, 0) is 19.1 Å². The van der Waals surface area contributed by atoms with Gasteiger partial charge in [-0.1, -0.05) is 0 Å². The summed E-state index contributed by atoms with van der Waals surface area (Å²) in [6.45, 7) is 7.84. The number of amides is 2. The van der Waals surface area contributed by atoms with E-state index in [2.05, 4.69) is 15.4 Å². The first kappa shape index (κ1) is 19.2. The van der Waals surface area contributed by atoms with Crippen LogP contribution in [0, 0.1) is 0 Å². The van der Waals surface area contributed by atoms with E-state index in [-0.39, 0.29) is 0 Å². The van der Waals surface area contributed by atoms with E-state index in [0.29, 0.717) is 0 Å². The number of hydrogen-bond donors (Lipinski definition) is 3. The molecular formula is C13H24N2O6. The number of aliphatic hydroxyl groups excluding tert-OH is 1. The number of methoxy groups -OCH3 is 1. The van der Waals surface area contributed by atoms with Crippen molar-refractivity contribution in [1.29, 1.82) is 0 Å². The van der Waals surface area contributed by atoms with Gasteiger partial charge in [0, 0.05) is 0 Å². The molecule has 0 heterocycles. The number of carbonyl (C=O) groups excluding carboxylic acids is 3. The predicted molar refractivity (Wildman–Crippen MR) is 74.5 cm³/mol. The number of esters is 1. The van der Waals surface area contributed by atoms with Crippen molar-refractivity contribution in [3.8, 4) is 0 Å². The highest BCUT2D eigenvalue weighted by Crippen LogP contribution is 2.06. The Hall–Kier alpha value is -1.83. The highest BCUT2D eigenvalue weighted by atomic mass is 16.6. The maximum Gasteiger partial charge on any atom is 0.408 e. The second kappa shape index (κ2) is 7.82. The van der Waals surface area contributed by atoms with Gasteiger partial charge in [-0.25, -0.2) is 9.59 Å². The largest absolute Gasteiger partial charge is 0.467 e. The van der Waals surface area contributed by atoms with Crippen LogP contribution in [0.5, 0.6) is 0 Å². The van der Waals surface area contributed by atoms with Crippen molar-refractivity contribution in [2.75, 3.05) is 7.11 Å². The molecule has 2 amide bonds. The zero-order valence-electron chi connectivity index (χ0n) is 13.2. The molecule has 0 aromatic heterocycles. The monoisotopic (exact) mass is 304 g/mol. The fourth-order valence-electron chi connectivity index (χ4n) is 1.33. The van der Waals surface area contributed by atoms with Gasteiger partial charge in [0.1, 0.15) is 11.6 Å². The summed E-state index contributed by atoms with van der Waals surface area (Å²) < 4.78 is 9.48. The van der Waals surface area contributed by atoms with Crippen LogP contribution in [0.1, 0.15) is 34.6 Å². The molecule has 0 spiro atoms. The molecule has 0 aliphatic carbocycles. The van der Waals surface area contributed by atoms with E-state index in [1.54, 1.807) is 20.8 Å². The number of rotatable bonds is 5. The Bertz CT molecular complexity index is 389. The fraction of sp³-hybridized carbons (Fsp3) is 0.769. The van der Waals surface area contributed by atoms with Crippen LogP contribution in [0.25, 0.3) is 0 Å². The maximum atomic E-state index is 11.9. The predicted octanol–water partition coefficient (Wildman–Crippen LogP) is -0.0618. The van der Waals surface area contributed by atoms with Crippen LogP contribution >= 0.6 is 0 Å². The highest BCUT2D eigenvalue weighted by Gasteiger charge is 2.29. The standard InChI is InChI=1S/C13H24N2O6/c1-7(14-12(19)21-13(3,4)5)10(17)15-9(8(2)16)11(18)20-6/h7-9,16H,1-6H3,(H,14,19)(H,15,17). The minimum Gasteiger partial charge on any atom is -0.467 e. The third kappa shape index (κ3) is 7.50. The van der Waals surface area contributed by atoms with Crippen molar-refractivity contribution in [3.63, 3.8) is 0 Å². The second-order valence-electron chi connectivity index (χ2n) is 5.62. The smallest absolute Gasteiger partial charge is 0.408 e. The number of hydrogen-bond acceptors (Lipinski definition) is 6. The molecule has 21 heavy (non-hydrogen) atoms. The molecule has 0 aromatic carbocycles. The van der Waals surface area contributed by atoms with Gasteiger partial charge >= 0.3 is 12.1 Å². The summed E-state index contributed by atoms with van der Waals surface area (Å²) >= 11 is 0. The van der Waals surface area contributed by atoms with Gasteiger partial charge in [0.25, 0.3) is 0 Å². The second-order valence-corrected chi connectivity index (χ2v) is 5.62. The van der Waals surface area contributed by atoms with Crippen molar-refractivity contribution < 1.29 is 29.0 Å². The normalized spacial score (nSPS) is 15.4. The lowest BCUT2D eigenvalue weighted by atomic mass is 10.1. The van der Waals surface area contributed by atoms with Gasteiger partial charge in [0.15, 0.2) is 6.04 Å². The topological polar surface area (TPSA) is 114 Å². The van der Waals surface area contributed by atoms with Crippen molar-refractivity contribution in [1.82, 2.24) is 10.6 Å². The maximum absolute atomic E-state index is 11.9. The molecule has 0 bridgehead atoms. The van der Waals surface area contributed by atoms with Gasteiger partial charge in [-0.3, -0.25) is 4.79 Å². The van der Waals surface area contributed by atoms with Gasteiger partial charge in [-0.05, 0) is 34.6 Å². The lowest BCUT2D eigenvalue weighted by Crippen LogP contribution is -2.54. The molecule has 0 aliphatic rings. The van der Waals surface area contributed by atoms with Gasteiger partial charge in [-0.2, -0.15) is 0 Å². The highest BCUT2D eigenvalue weighted by molar-refractivity contribution is 5.89. The number of aliphatic hydroxyl groups is 1. The first-order valence-electron chi connectivity index (χ1n) is 6.53. The van der Waals surface area contributed by atoms with E-state index >= 15 is 0 Å². The average Bonchev–Trinajstić information content (AvgIpc) is 2.31. The van der Waals surface area contributed by atoms with E-state index in [1.165, 1.54) is 13.8 Å². The molecule has 8 nitrogen and oxygen atoms in total. The summed E-state index contributed by atoms with van der Waals surface area (Å²) in [6.07, 6.45) is -1.88. The van der Waals surface area contributed by atoms with Gasteiger partial charge in [0.2, 0.25) is 5.91 Å². The Morgan fingerprint density at radius 2 is 1.62 bits per heavy atom. The Morgan fingerprint density at radius 1 is 1.10 bits per heavy atom. The molecular weight excluding hydrogens is 280 g/mol. The zero-order valence-corrected chi connectivity index (χ0v) is 13.2. The van der Waals surface area contributed by atoms with Crippen LogP contribution in [0.4, 0.5) is 4.79 Å². The summed E-state index contributed by atoms with van der Waals surface area (Å²) in [4.78, 5) is 34.8. The minimum atomic E-state index is -1.20. The first-order chi connectivity index (χ1) is 9.47. The van der Waals surface area contributed by atoms with E-state index in [9.17, 15) is 19.5 Å². The van der Waals surface area contributed by atoms with Gasteiger partial charge in [-0.15, -0.1) is 0 Å². The molecule has 0 radical (unpaired) electrons. The molecule has 3 atom stereocenters. The summed E-state index contributed by atoms with van der Waals surface area (Å²) in [6, 6.07) is -2.14. The molecule has 3 N–H and O–H groups in total.